The van der Waals surface area contributed by atoms with Crippen molar-refractivity contribution in [2.24, 2.45) is 0 Å². The van der Waals surface area contributed by atoms with Crippen molar-refractivity contribution in [1.82, 2.24) is 0 Å². The van der Waals surface area contributed by atoms with E-state index in [1.807, 2.05) is 6.08 Å². The van der Waals surface area contributed by atoms with Gasteiger partial charge in [0.1, 0.15) is 13.2 Å². The van der Waals surface area contributed by atoms with Crippen molar-refractivity contribution >= 4 is 17.9 Å². The summed E-state index contributed by atoms with van der Waals surface area (Å²) in [4.78, 5) is 37.9. The predicted molar refractivity (Wildman–Crippen MR) is 256 cm³/mol. The van der Waals surface area contributed by atoms with Crippen LogP contribution in [0.4, 0.5) is 0 Å². The molecule has 0 rings (SSSR count). The highest BCUT2D eigenvalue weighted by molar-refractivity contribution is 5.71. The Morgan fingerprint density at radius 1 is 0.350 bits per heavy atom. The zero-order valence-corrected chi connectivity index (χ0v) is 39.2. The molecule has 0 spiro atoms. The summed E-state index contributed by atoms with van der Waals surface area (Å²) in [7, 11) is 0. The van der Waals surface area contributed by atoms with Gasteiger partial charge in [-0.05, 0) is 96.3 Å². The van der Waals surface area contributed by atoms with Crippen molar-refractivity contribution in [1.29, 1.82) is 0 Å². The van der Waals surface area contributed by atoms with E-state index in [1.165, 1.54) is 103 Å². The molecule has 0 N–H and O–H groups in total. The van der Waals surface area contributed by atoms with E-state index in [-0.39, 0.29) is 37.5 Å². The Morgan fingerprint density at radius 3 is 1.15 bits per heavy atom. The summed E-state index contributed by atoms with van der Waals surface area (Å²) in [5, 5.41) is 0. The number of rotatable bonds is 44. The number of hydrogen-bond donors (Lipinski definition) is 0. The molecule has 6 nitrogen and oxygen atoms in total. The number of ether oxygens (including phenoxy) is 3. The van der Waals surface area contributed by atoms with Gasteiger partial charge in [0.2, 0.25) is 0 Å². The summed E-state index contributed by atoms with van der Waals surface area (Å²) in [6, 6.07) is 0. The SMILES string of the molecule is CC/C=C/C/C=C/C/C=C/CCCCCCC(=O)OC(COC(=O)CC/C=C/C/C=C/CCCCCCCC)COC(=O)CCCCCCCCC/C=C/CCCCCC. The number of carbonyl (C=O) groups is 3. The van der Waals surface area contributed by atoms with E-state index in [9.17, 15) is 14.4 Å². The van der Waals surface area contributed by atoms with Crippen LogP contribution in [0.15, 0.2) is 72.9 Å². The maximum Gasteiger partial charge on any atom is 0.306 e. The molecule has 0 heterocycles. The average Bonchev–Trinajstić information content (AvgIpc) is 3.24. The van der Waals surface area contributed by atoms with Crippen LogP contribution >= 0.6 is 0 Å². The fourth-order valence-electron chi connectivity index (χ4n) is 6.68. The van der Waals surface area contributed by atoms with E-state index in [4.69, 9.17) is 14.2 Å². The lowest BCUT2D eigenvalue weighted by molar-refractivity contribution is -0.166. The van der Waals surface area contributed by atoms with Crippen molar-refractivity contribution in [3.8, 4) is 0 Å². The molecule has 0 saturated carbocycles. The molecule has 0 aliphatic carbocycles. The van der Waals surface area contributed by atoms with E-state index in [0.717, 1.165) is 83.5 Å². The Bertz CT molecular complexity index is 1140. The van der Waals surface area contributed by atoms with Crippen LogP contribution in [0.3, 0.4) is 0 Å². The number of esters is 3. The van der Waals surface area contributed by atoms with Gasteiger partial charge in [0.15, 0.2) is 6.10 Å². The monoisotopic (exact) mass is 837 g/mol. The second-order valence-electron chi connectivity index (χ2n) is 16.3. The Labute approximate surface area is 370 Å². The van der Waals surface area contributed by atoms with Crippen LogP contribution in [0.25, 0.3) is 0 Å². The normalized spacial score (nSPS) is 12.7. The van der Waals surface area contributed by atoms with Crippen LogP contribution in [-0.2, 0) is 28.6 Å². The fourth-order valence-corrected chi connectivity index (χ4v) is 6.68. The van der Waals surface area contributed by atoms with Gasteiger partial charge in [0.05, 0.1) is 0 Å². The highest BCUT2D eigenvalue weighted by Crippen LogP contribution is 2.13. The molecule has 0 aromatic heterocycles. The maximum absolute atomic E-state index is 12.8. The Kier molecular flexibility index (Phi) is 46.0. The predicted octanol–water partition coefficient (Wildman–Crippen LogP) is 16.3. The van der Waals surface area contributed by atoms with Gasteiger partial charge >= 0.3 is 17.9 Å². The highest BCUT2D eigenvalue weighted by Gasteiger charge is 2.19. The fraction of sp³-hybridized carbons (Fsp3) is 0.722. The van der Waals surface area contributed by atoms with Crippen LogP contribution in [0, 0.1) is 0 Å². The van der Waals surface area contributed by atoms with E-state index in [1.54, 1.807) is 0 Å². The summed E-state index contributed by atoms with van der Waals surface area (Å²) in [6.45, 7) is 6.42. The summed E-state index contributed by atoms with van der Waals surface area (Å²) in [5.41, 5.74) is 0. The minimum absolute atomic E-state index is 0.104. The van der Waals surface area contributed by atoms with Crippen LogP contribution in [-0.4, -0.2) is 37.2 Å². The van der Waals surface area contributed by atoms with E-state index < -0.39 is 6.10 Å². The molecule has 1 atom stereocenters. The van der Waals surface area contributed by atoms with Crippen molar-refractivity contribution in [3.05, 3.63) is 72.9 Å². The third-order valence-corrected chi connectivity index (χ3v) is 10.4. The summed E-state index contributed by atoms with van der Waals surface area (Å²) in [5.74, 6) is -1.00. The molecule has 1 unspecified atom stereocenters. The number of carbonyl (C=O) groups excluding carboxylic acids is 3. The largest absolute Gasteiger partial charge is 0.462 e. The van der Waals surface area contributed by atoms with Crippen LogP contribution in [0.5, 0.6) is 0 Å². The summed E-state index contributed by atoms with van der Waals surface area (Å²) < 4.78 is 16.7. The lowest BCUT2D eigenvalue weighted by Crippen LogP contribution is -2.30. The topological polar surface area (TPSA) is 78.9 Å². The van der Waals surface area contributed by atoms with Gasteiger partial charge in [-0.25, -0.2) is 0 Å². The molecule has 0 aliphatic heterocycles. The van der Waals surface area contributed by atoms with Crippen LogP contribution < -0.4 is 0 Å². The molecule has 0 fully saturated rings. The van der Waals surface area contributed by atoms with Gasteiger partial charge in [0.25, 0.3) is 0 Å². The lowest BCUT2D eigenvalue weighted by atomic mass is 10.1. The van der Waals surface area contributed by atoms with Gasteiger partial charge in [-0.2, -0.15) is 0 Å². The van der Waals surface area contributed by atoms with Crippen molar-refractivity contribution < 1.29 is 28.6 Å². The third-order valence-electron chi connectivity index (χ3n) is 10.4. The quantitative estimate of drug-likeness (QED) is 0.0263. The van der Waals surface area contributed by atoms with Gasteiger partial charge in [-0.15, -0.1) is 0 Å². The van der Waals surface area contributed by atoms with Gasteiger partial charge in [-0.1, -0.05) is 190 Å². The first-order valence-corrected chi connectivity index (χ1v) is 24.9. The van der Waals surface area contributed by atoms with E-state index >= 15 is 0 Å². The Morgan fingerprint density at radius 2 is 0.683 bits per heavy atom. The summed E-state index contributed by atoms with van der Waals surface area (Å²) >= 11 is 0. The number of unbranched alkanes of at least 4 members (excludes halogenated alkanes) is 21. The lowest BCUT2D eigenvalue weighted by Gasteiger charge is -2.18. The number of allylic oxidation sites excluding steroid dienone is 12. The first-order chi connectivity index (χ1) is 29.5. The van der Waals surface area contributed by atoms with Crippen LogP contribution in [0.1, 0.15) is 233 Å². The first kappa shape index (κ1) is 56.9. The molecule has 0 amide bonds. The van der Waals surface area contributed by atoms with Gasteiger partial charge < -0.3 is 14.2 Å². The Balaban J connectivity index is 4.48. The minimum Gasteiger partial charge on any atom is -0.462 e. The molecule has 0 aliphatic rings. The molecule has 0 bridgehead atoms. The van der Waals surface area contributed by atoms with E-state index in [0.29, 0.717) is 19.3 Å². The van der Waals surface area contributed by atoms with Crippen molar-refractivity contribution in [2.75, 3.05) is 13.2 Å². The van der Waals surface area contributed by atoms with Gasteiger partial charge in [-0.3, -0.25) is 14.4 Å². The van der Waals surface area contributed by atoms with Crippen molar-refractivity contribution in [3.63, 3.8) is 0 Å². The van der Waals surface area contributed by atoms with Gasteiger partial charge in [0, 0.05) is 19.3 Å². The molecule has 344 valence electrons. The zero-order valence-electron chi connectivity index (χ0n) is 39.2. The molecule has 0 aromatic carbocycles. The maximum atomic E-state index is 12.8. The highest BCUT2D eigenvalue weighted by atomic mass is 16.6. The minimum atomic E-state index is -0.810. The first-order valence-electron chi connectivity index (χ1n) is 24.9. The average molecular weight is 837 g/mol. The second kappa shape index (κ2) is 48.5. The van der Waals surface area contributed by atoms with Crippen LogP contribution in [0.2, 0.25) is 0 Å². The molecule has 6 heteroatoms. The third kappa shape index (κ3) is 45.9. The van der Waals surface area contributed by atoms with E-state index in [2.05, 4.69) is 87.6 Å². The number of hydrogen-bond acceptors (Lipinski definition) is 6. The van der Waals surface area contributed by atoms with Crippen molar-refractivity contribution in [2.45, 2.75) is 239 Å². The second-order valence-corrected chi connectivity index (χ2v) is 16.3. The molecule has 0 aromatic rings. The molecule has 0 saturated heterocycles. The molecular formula is C54H92O6. The molecule has 60 heavy (non-hydrogen) atoms. The standard InChI is InChI=1S/C54H92O6/c1-4-7-10-13-16-19-22-25-27-30-32-35-38-41-44-47-53(56)59-50-51(49-58-52(55)46-43-40-37-34-31-28-24-21-18-15-12-9-6-3)60-54(57)48-45-42-39-36-33-29-26-23-20-17-14-11-8-5-2/h8,11,17,19-20,22,26,28-29,31,37,40,51H,4-7,9-10,12-16,18,21,23-25,27,30,32-36,38-39,41-50H2,1-3H3/b11-8+,20-17+,22-19+,29-26+,31-28+,40-37+. The molecular weight excluding hydrogens is 745 g/mol. The molecule has 0 radical (unpaired) electrons. The smallest absolute Gasteiger partial charge is 0.306 e. The Hall–Kier alpha value is -3.15. The zero-order chi connectivity index (χ0) is 43.7. The summed E-state index contributed by atoms with van der Waals surface area (Å²) in [6.07, 6.45) is 60.4.